The largest absolute Gasteiger partial charge is 0.401 e. The van der Waals surface area contributed by atoms with E-state index in [-0.39, 0.29) is 6.54 Å². The van der Waals surface area contributed by atoms with Crippen molar-refractivity contribution in [3.63, 3.8) is 0 Å². The van der Waals surface area contributed by atoms with E-state index >= 15 is 0 Å². The lowest BCUT2D eigenvalue weighted by atomic mass is 10.6. The van der Waals surface area contributed by atoms with Gasteiger partial charge in [0.1, 0.15) is 5.01 Å². The summed E-state index contributed by atoms with van der Waals surface area (Å²) in [5, 5.41) is 4.64. The van der Waals surface area contributed by atoms with E-state index in [1.54, 1.807) is 11.6 Å². The van der Waals surface area contributed by atoms with E-state index in [9.17, 15) is 13.2 Å². The highest BCUT2D eigenvalue weighted by atomic mass is 32.1. The van der Waals surface area contributed by atoms with Gasteiger partial charge in [0.05, 0.1) is 6.54 Å². The van der Waals surface area contributed by atoms with Gasteiger partial charge in [0.15, 0.2) is 0 Å². The van der Waals surface area contributed by atoms with Gasteiger partial charge < -0.3 is 5.32 Å². The summed E-state index contributed by atoms with van der Waals surface area (Å²) in [6.45, 7) is -0.788. The number of nitrogens with zero attached hydrogens (tertiary/aromatic N) is 1. The van der Waals surface area contributed by atoms with Crippen LogP contribution in [-0.4, -0.2) is 17.7 Å². The Morgan fingerprint density at radius 3 is 2.75 bits per heavy atom. The molecule has 6 heteroatoms. The van der Waals surface area contributed by atoms with Gasteiger partial charge >= 0.3 is 6.18 Å². The Bertz CT molecular complexity index is 219. The van der Waals surface area contributed by atoms with E-state index in [4.69, 9.17) is 0 Å². The fourth-order valence-corrected chi connectivity index (χ4v) is 1.24. The van der Waals surface area contributed by atoms with Crippen molar-refractivity contribution >= 4 is 11.3 Å². The van der Waals surface area contributed by atoms with E-state index in [2.05, 4.69) is 10.3 Å². The Labute approximate surface area is 71.4 Å². The number of nitrogens with one attached hydrogen (secondary N) is 1. The molecule has 0 aliphatic rings. The minimum atomic E-state index is -4.14. The van der Waals surface area contributed by atoms with Crippen LogP contribution >= 0.6 is 11.3 Å². The highest BCUT2D eigenvalue weighted by Gasteiger charge is 2.26. The zero-order chi connectivity index (χ0) is 9.03. The molecule has 0 aromatic carbocycles. The number of rotatable bonds is 3. The van der Waals surface area contributed by atoms with Gasteiger partial charge in [0.25, 0.3) is 0 Å². The normalized spacial score (nSPS) is 11.9. The second kappa shape index (κ2) is 3.86. The second-order valence-corrected chi connectivity index (χ2v) is 3.12. The first kappa shape index (κ1) is 9.47. The van der Waals surface area contributed by atoms with Crippen molar-refractivity contribution in [1.29, 1.82) is 0 Å². The van der Waals surface area contributed by atoms with Gasteiger partial charge in [-0.05, 0) is 0 Å². The molecule has 0 saturated heterocycles. The molecule has 0 aliphatic heterocycles. The molecule has 1 N–H and O–H groups in total. The third-order valence-electron chi connectivity index (χ3n) is 1.09. The van der Waals surface area contributed by atoms with Crippen LogP contribution in [0.4, 0.5) is 13.2 Å². The maximum absolute atomic E-state index is 11.6. The lowest BCUT2D eigenvalue weighted by Crippen LogP contribution is -2.28. The van der Waals surface area contributed by atoms with Crippen LogP contribution in [0.25, 0.3) is 0 Å². The Kier molecular flexibility index (Phi) is 3.05. The van der Waals surface area contributed by atoms with Crippen molar-refractivity contribution in [3.8, 4) is 0 Å². The van der Waals surface area contributed by atoms with Crippen LogP contribution < -0.4 is 5.32 Å². The van der Waals surface area contributed by atoms with Gasteiger partial charge in [-0.3, -0.25) is 0 Å². The molecular formula is C6H7F3N2S. The van der Waals surface area contributed by atoms with Crippen LogP contribution in [0.5, 0.6) is 0 Å². The predicted octanol–water partition coefficient (Wildman–Crippen LogP) is 1.79. The highest BCUT2D eigenvalue weighted by Crippen LogP contribution is 2.12. The average Bonchev–Trinajstić information content (AvgIpc) is 2.36. The minimum absolute atomic E-state index is 0.178. The molecule has 12 heavy (non-hydrogen) atoms. The first-order chi connectivity index (χ1) is 5.58. The highest BCUT2D eigenvalue weighted by molar-refractivity contribution is 7.09. The summed E-state index contributed by atoms with van der Waals surface area (Å²) in [6, 6.07) is 0. The number of halogens is 3. The van der Waals surface area contributed by atoms with Gasteiger partial charge in [0.2, 0.25) is 0 Å². The van der Waals surface area contributed by atoms with Crippen molar-refractivity contribution in [3.05, 3.63) is 16.6 Å². The van der Waals surface area contributed by atoms with E-state index in [1.807, 2.05) is 0 Å². The quantitative estimate of drug-likeness (QED) is 0.797. The Hall–Kier alpha value is -0.620. The van der Waals surface area contributed by atoms with Crippen molar-refractivity contribution in [2.45, 2.75) is 12.7 Å². The third kappa shape index (κ3) is 3.68. The summed E-state index contributed by atoms with van der Waals surface area (Å²) < 4.78 is 34.8. The number of hydrogen-bond acceptors (Lipinski definition) is 3. The van der Waals surface area contributed by atoms with Crippen LogP contribution in [0.3, 0.4) is 0 Å². The van der Waals surface area contributed by atoms with E-state index in [0.717, 1.165) is 0 Å². The predicted molar refractivity (Wildman–Crippen MR) is 39.9 cm³/mol. The third-order valence-corrected chi connectivity index (χ3v) is 1.86. The zero-order valence-electron chi connectivity index (χ0n) is 6.06. The fraction of sp³-hybridized carbons (Fsp3) is 0.500. The van der Waals surface area contributed by atoms with Crippen LogP contribution in [0, 0.1) is 0 Å². The minimum Gasteiger partial charge on any atom is -0.302 e. The summed E-state index contributed by atoms with van der Waals surface area (Å²) in [6.07, 6.45) is -2.58. The maximum atomic E-state index is 11.6. The van der Waals surface area contributed by atoms with Gasteiger partial charge in [0, 0.05) is 18.1 Å². The lowest BCUT2D eigenvalue weighted by molar-refractivity contribution is -0.125. The van der Waals surface area contributed by atoms with E-state index in [0.29, 0.717) is 5.01 Å². The Morgan fingerprint density at radius 2 is 2.25 bits per heavy atom. The average molecular weight is 196 g/mol. The second-order valence-electron chi connectivity index (χ2n) is 2.14. The molecule has 0 aliphatic carbocycles. The summed E-state index contributed by atoms with van der Waals surface area (Å²) in [5.41, 5.74) is 0. The fourth-order valence-electron chi connectivity index (χ4n) is 0.651. The molecule has 1 heterocycles. The number of aromatic nitrogens is 1. The van der Waals surface area contributed by atoms with Crippen molar-refractivity contribution in [1.82, 2.24) is 10.3 Å². The van der Waals surface area contributed by atoms with Crippen LogP contribution in [0.15, 0.2) is 11.6 Å². The zero-order valence-corrected chi connectivity index (χ0v) is 6.87. The molecule has 0 fully saturated rings. The topological polar surface area (TPSA) is 24.9 Å². The Morgan fingerprint density at radius 1 is 1.50 bits per heavy atom. The molecule has 1 aromatic heterocycles. The molecule has 0 radical (unpaired) electrons. The number of hydrogen-bond donors (Lipinski definition) is 1. The van der Waals surface area contributed by atoms with Crippen LogP contribution in [0.1, 0.15) is 5.01 Å². The van der Waals surface area contributed by atoms with Gasteiger partial charge in [-0.2, -0.15) is 13.2 Å². The molecule has 1 rings (SSSR count). The first-order valence-corrected chi connectivity index (χ1v) is 4.12. The van der Waals surface area contributed by atoms with Gasteiger partial charge in [-0.25, -0.2) is 4.98 Å². The monoisotopic (exact) mass is 196 g/mol. The van der Waals surface area contributed by atoms with Crippen LogP contribution in [-0.2, 0) is 6.54 Å². The summed E-state index contributed by atoms with van der Waals surface area (Å²) in [4.78, 5) is 3.82. The van der Waals surface area contributed by atoms with Gasteiger partial charge in [-0.15, -0.1) is 11.3 Å². The summed E-state index contributed by atoms with van der Waals surface area (Å²) >= 11 is 1.33. The lowest BCUT2D eigenvalue weighted by Gasteiger charge is -2.05. The van der Waals surface area contributed by atoms with Crippen molar-refractivity contribution in [2.75, 3.05) is 6.54 Å². The SMILES string of the molecule is FC(F)(F)CNCc1nccs1. The molecule has 68 valence electrons. The number of alkyl halides is 3. The van der Waals surface area contributed by atoms with Crippen molar-refractivity contribution in [2.24, 2.45) is 0 Å². The Balaban J connectivity index is 2.20. The maximum Gasteiger partial charge on any atom is 0.401 e. The smallest absolute Gasteiger partial charge is 0.302 e. The van der Waals surface area contributed by atoms with Gasteiger partial charge in [-0.1, -0.05) is 0 Å². The standard InChI is InChI=1S/C6H7F3N2S/c7-6(8,9)4-10-3-5-11-1-2-12-5/h1-2,10H,3-4H2. The van der Waals surface area contributed by atoms with E-state index < -0.39 is 12.7 Å². The molecule has 0 saturated carbocycles. The molecular weight excluding hydrogens is 189 g/mol. The molecule has 0 unspecified atom stereocenters. The van der Waals surface area contributed by atoms with Crippen molar-refractivity contribution < 1.29 is 13.2 Å². The molecule has 0 atom stereocenters. The molecule has 0 bridgehead atoms. The summed E-state index contributed by atoms with van der Waals surface area (Å²) in [7, 11) is 0. The first-order valence-electron chi connectivity index (χ1n) is 3.24. The summed E-state index contributed by atoms with van der Waals surface area (Å²) in [5.74, 6) is 0. The molecule has 0 amide bonds. The van der Waals surface area contributed by atoms with Crippen LogP contribution in [0.2, 0.25) is 0 Å². The molecule has 0 spiro atoms. The number of thiazole rings is 1. The molecule has 1 aromatic rings. The molecule has 2 nitrogen and oxygen atoms in total. The van der Waals surface area contributed by atoms with E-state index in [1.165, 1.54) is 11.3 Å².